The fourth-order valence-electron chi connectivity index (χ4n) is 2.36. The van der Waals surface area contributed by atoms with Gasteiger partial charge in [-0.05, 0) is 35.9 Å². The summed E-state index contributed by atoms with van der Waals surface area (Å²) in [7, 11) is 0. The number of esters is 1. The van der Waals surface area contributed by atoms with Crippen molar-refractivity contribution in [1.29, 1.82) is 0 Å². The number of nitrogens with zero attached hydrogens (tertiary/aromatic N) is 1. The topological polar surface area (TPSA) is 31.2 Å². The second-order valence-electron chi connectivity index (χ2n) is 4.85. The maximum absolute atomic E-state index is 11.1. The molecule has 106 valence electrons. The van der Waals surface area contributed by atoms with Gasteiger partial charge in [0.25, 0.3) is 0 Å². The van der Waals surface area contributed by atoms with Gasteiger partial charge in [-0.2, -0.15) is 0 Å². The van der Waals surface area contributed by atoms with E-state index < -0.39 is 0 Å². The Morgan fingerprint density at radius 3 is 2.62 bits per heavy atom. The van der Waals surface area contributed by atoms with Gasteiger partial charge < -0.3 is 9.30 Å². The lowest BCUT2D eigenvalue weighted by atomic mass is 10.2. The predicted octanol–water partition coefficient (Wildman–Crippen LogP) is 4.27. The van der Waals surface area contributed by atoms with E-state index in [4.69, 9.17) is 16.3 Å². The summed E-state index contributed by atoms with van der Waals surface area (Å²) in [5.41, 5.74) is 2.19. The summed E-state index contributed by atoms with van der Waals surface area (Å²) < 4.78 is 7.35. The zero-order chi connectivity index (χ0) is 14.8. The maximum atomic E-state index is 11.1. The van der Waals surface area contributed by atoms with Crippen LogP contribution >= 0.6 is 11.6 Å². The predicted molar refractivity (Wildman–Crippen MR) is 83.8 cm³/mol. The molecule has 0 radical (unpaired) electrons. The zero-order valence-electron chi connectivity index (χ0n) is 11.5. The second-order valence-corrected chi connectivity index (χ2v) is 5.29. The molecule has 0 fully saturated rings. The number of fused-ring (bicyclic) bond motifs is 1. The Kier molecular flexibility index (Phi) is 3.67. The zero-order valence-corrected chi connectivity index (χ0v) is 12.3. The van der Waals surface area contributed by atoms with Crippen molar-refractivity contribution in [1.82, 2.24) is 4.57 Å². The third-order valence-corrected chi connectivity index (χ3v) is 3.55. The highest BCUT2D eigenvalue weighted by Gasteiger charge is 2.08. The number of benzene rings is 2. The summed E-state index contributed by atoms with van der Waals surface area (Å²) in [6, 6.07) is 15.4. The van der Waals surface area contributed by atoms with E-state index in [0.29, 0.717) is 5.75 Å². The normalized spacial score (nSPS) is 10.8. The minimum Gasteiger partial charge on any atom is -0.426 e. The quantitative estimate of drug-likeness (QED) is 0.534. The third-order valence-electron chi connectivity index (χ3n) is 3.29. The second kappa shape index (κ2) is 5.62. The molecule has 0 amide bonds. The summed E-state index contributed by atoms with van der Waals surface area (Å²) >= 11 is 5.90. The Morgan fingerprint density at radius 1 is 1.14 bits per heavy atom. The lowest BCUT2D eigenvalue weighted by Crippen LogP contribution is -2.02. The van der Waals surface area contributed by atoms with Crippen LogP contribution in [0.4, 0.5) is 0 Å². The van der Waals surface area contributed by atoms with Crippen LogP contribution in [0.15, 0.2) is 54.7 Å². The average Bonchev–Trinajstić information content (AvgIpc) is 2.85. The highest BCUT2D eigenvalue weighted by Crippen LogP contribution is 2.27. The largest absolute Gasteiger partial charge is 0.426 e. The van der Waals surface area contributed by atoms with Crippen molar-refractivity contribution in [3.8, 4) is 5.75 Å². The van der Waals surface area contributed by atoms with Crippen LogP contribution in [-0.4, -0.2) is 10.5 Å². The van der Waals surface area contributed by atoms with Gasteiger partial charge in [-0.3, -0.25) is 4.79 Å². The van der Waals surface area contributed by atoms with Gasteiger partial charge in [-0.25, -0.2) is 0 Å². The van der Waals surface area contributed by atoms with Gasteiger partial charge in [0.1, 0.15) is 5.75 Å². The molecule has 4 heteroatoms. The van der Waals surface area contributed by atoms with E-state index >= 15 is 0 Å². The van der Waals surface area contributed by atoms with Crippen molar-refractivity contribution in [2.75, 3.05) is 0 Å². The first-order valence-corrected chi connectivity index (χ1v) is 7.02. The van der Waals surface area contributed by atoms with Crippen LogP contribution in [0.2, 0.25) is 5.02 Å². The molecular weight excluding hydrogens is 286 g/mol. The Hall–Kier alpha value is -2.26. The highest BCUT2D eigenvalue weighted by atomic mass is 35.5. The Balaban J connectivity index is 1.96. The smallest absolute Gasteiger partial charge is 0.308 e. The molecule has 0 aliphatic heterocycles. The molecule has 21 heavy (non-hydrogen) atoms. The molecule has 0 saturated carbocycles. The van der Waals surface area contributed by atoms with Crippen LogP contribution in [0.3, 0.4) is 0 Å². The number of aromatic nitrogens is 1. The third kappa shape index (κ3) is 2.93. The summed E-state index contributed by atoms with van der Waals surface area (Å²) in [6.07, 6.45) is 1.99. The van der Waals surface area contributed by atoms with Crippen molar-refractivity contribution in [2.24, 2.45) is 0 Å². The molecule has 0 aliphatic rings. The van der Waals surface area contributed by atoms with Gasteiger partial charge in [0, 0.05) is 30.1 Å². The molecular formula is C17H14ClNO2. The van der Waals surface area contributed by atoms with Crippen LogP contribution in [-0.2, 0) is 11.3 Å². The number of hydrogen-bond acceptors (Lipinski definition) is 2. The summed E-state index contributed by atoms with van der Waals surface area (Å²) in [5, 5.41) is 1.66. The van der Waals surface area contributed by atoms with Crippen LogP contribution in [0.25, 0.3) is 10.9 Å². The minimum absolute atomic E-state index is 0.312. The van der Waals surface area contributed by atoms with Gasteiger partial charge in [-0.1, -0.05) is 29.8 Å². The van der Waals surface area contributed by atoms with Crippen LogP contribution < -0.4 is 4.74 Å². The van der Waals surface area contributed by atoms with E-state index in [-0.39, 0.29) is 5.97 Å². The molecule has 0 bridgehead atoms. The number of hydrogen-bond donors (Lipinski definition) is 0. The standard InChI is InChI=1S/C17H14ClNO2/c1-12(20)21-17-4-2-3-16-15(17)9-10-19(16)11-13-5-7-14(18)8-6-13/h2-10H,11H2,1H3. The van der Waals surface area contributed by atoms with Gasteiger partial charge in [0.05, 0.1) is 5.52 Å². The molecule has 0 unspecified atom stereocenters. The van der Waals surface area contributed by atoms with E-state index in [9.17, 15) is 4.79 Å². The Labute approximate surface area is 127 Å². The van der Waals surface area contributed by atoms with E-state index in [0.717, 1.165) is 28.0 Å². The SMILES string of the molecule is CC(=O)Oc1cccc2c1ccn2Cc1ccc(Cl)cc1. The molecule has 0 saturated heterocycles. The maximum Gasteiger partial charge on any atom is 0.308 e. The number of rotatable bonds is 3. The van der Waals surface area contributed by atoms with E-state index in [1.165, 1.54) is 6.92 Å². The number of halogens is 1. The minimum atomic E-state index is -0.312. The number of carbonyl (C=O) groups is 1. The molecule has 1 aromatic heterocycles. The molecule has 1 heterocycles. The average molecular weight is 300 g/mol. The van der Waals surface area contributed by atoms with Crippen molar-refractivity contribution in [3.05, 3.63) is 65.3 Å². The molecule has 3 nitrogen and oxygen atoms in total. The van der Waals surface area contributed by atoms with Crippen LogP contribution in [0, 0.1) is 0 Å². The first kappa shape index (κ1) is 13.7. The van der Waals surface area contributed by atoms with Gasteiger partial charge in [0.15, 0.2) is 0 Å². The van der Waals surface area contributed by atoms with Crippen molar-refractivity contribution in [3.63, 3.8) is 0 Å². The fraction of sp³-hybridized carbons (Fsp3) is 0.118. The summed E-state index contributed by atoms with van der Waals surface area (Å²) in [5.74, 6) is 0.280. The van der Waals surface area contributed by atoms with Gasteiger partial charge in [-0.15, -0.1) is 0 Å². The fourth-order valence-corrected chi connectivity index (χ4v) is 2.49. The number of ether oxygens (including phenoxy) is 1. The lowest BCUT2D eigenvalue weighted by molar-refractivity contribution is -0.131. The molecule has 3 rings (SSSR count). The van der Waals surface area contributed by atoms with Gasteiger partial charge >= 0.3 is 5.97 Å². The molecule has 2 aromatic carbocycles. The lowest BCUT2D eigenvalue weighted by Gasteiger charge is -2.07. The molecule has 3 aromatic rings. The Bertz CT molecular complexity index is 790. The van der Waals surface area contributed by atoms with E-state index in [1.54, 1.807) is 6.07 Å². The summed E-state index contributed by atoms with van der Waals surface area (Å²) in [6.45, 7) is 2.15. The first-order valence-electron chi connectivity index (χ1n) is 6.64. The first-order chi connectivity index (χ1) is 10.1. The highest BCUT2D eigenvalue weighted by molar-refractivity contribution is 6.30. The van der Waals surface area contributed by atoms with Crippen LogP contribution in [0.1, 0.15) is 12.5 Å². The monoisotopic (exact) mass is 299 g/mol. The van der Waals surface area contributed by atoms with E-state index in [1.807, 2.05) is 48.7 Å². The molecule has 0 N–H and O–H groups in total. The van der Waals surface area contributed by atoms with Crippen molar-refractivity contribution >= 4 is 28.5 Å². The Morgan fingerprint density at radius 2 is 1.90 bits per heavy atom. The van der Waals surface area contributed by atoms with E-state index in [2.05, 4.69) is 4.57 Å². The van der Waals surface area contributed by atoms with Crippen LogP contribution in [0.5, 0.6) is 5.75 Å². The van der Waals surface area contributed by atoms with Gasteiger partial charge in [0.2, 0.25) is 0 Å². The number of carbonyl (C=O) groups excluding carboxylic acids is 1. The molecule has 0 atom stereocenters. The summed E-state index contributed by atoms with van der Waals surface area (Å²) in [4.78, 5) is 11.1. The molecule has 0 spiro atoms. The molecule has 0 aliphatic carbocycles. The van der Waals surface area contributed by atoms with Crippen molar-refractivity contribution in [2.45, 2.75) is 13.5 Å². The van der Waals surface area contributed by atoms with Crippen molar-refractivity contribution < 1.29 is 9.53 Å².